The van der Waals surface area contributed by atoms with Crippen molar-refractivity contribution >= 4 is 21.4 Å². The van der Waals surface area contributed by atoms with Crippen LogP contribution < -0.4 is 5.73 Å². The molecule has 1 aliphatic rings. The van der Waals surface area contributed by atoms with Crippen molar-refractivity contribution in [3.8, 4) is 0 Å². The lowest BCUT2D eigenvalue weighted by atomic mass is 10.0. The Morgan fingerprint density at radius 2 is 1.71 bits per heavy atom. The zero-order valence-corrected chi connectivity index (χ0v) is 14.9. The summed E-state index contributed by atoms with van der Waals surface area (Å²) in [6.45, 7) is 1.67. The van der Waals surface area contributed by atoms with Gasteiger partial charge in [-0.05, 0) is 41.8 Å². The highest BCUT2D eigenvalue weighted by Gasteiger charge is 2.69. The number of hydrogen-bond donors (Lipinski definition) is 2. The lowest BCUT2D eigenvalue weighted by Gasteiger charge is -2.08. The van der Waals surface area contributed by atoms with Gasteiger partial charge in [-0.25, -0.2) is 8.42 Å². The average molecular weight is 366 g/mol. The van der Waals surface area contributed by atoms with Gasteiger partial charge in [0.1, 0.15) is 0 Å². The number of benzene rings is 2. The molecule has 0 spiro atoms. The molecule has 0 unspecified atom stereocenters. The maximum Gasteiger partial charge on any atom is 0.183 e. The van der Waals surface area contributed by atoms with Crippen molar-refractivity contribution in [2.75, 3.05) is 6.61 Å². The van der Waals surface area contributed by atoms with Crippen LogP contribution in [0.1, 0.15) is 24.0 Å². The molecule has 0 bridgehead atoms. The van der Waals surface area contributed by atoms with Crippen molar-refractivity contribution in [2.24, 2.45) is 5.73 Å². The van der Waals surface area contributed by atoms with Crippen LogP contribution in [0.2, 0.25) is 5.02 Å². The highest BCUT2D eigenvalue weighted by Crippen LogP contribution is 2.55. The molecule has 4 nitrogen and oxygen atoms in total. The molecule has 2 aromatic rings. The molecule has 0 aliphatic heterocycles. The lowest BCUT2D eigenvalue weighted by Crippen LogP contribution is -2.35. The second-order valence-electron chi connectivity index (χ2n) is 6.26. The highest BCUT2D eigenvalue weighted by molar-refractivity contribution is 7.92. The molecule has 24 heavy (non-hydrogen) atoms. The van der Waals surface area contributed by atoms with Crippen LogP contribution in [0.25, 0.3) is 0 Å². The van der Waals surface area contributed by atoms with Gasteiger partial charge in [0.05, 0.1) is 22.3 Å². The van der Waals surface area contributed by atoms with Crippen LogP contribution >= 0.6 is 11.6 Å². The molecule has 1 fully saturated rings. The second-order valence-corrected chi connectivity index (χ2v) is 8.77. The minimum absolute atomic E-state index is 0.174. The fourth-order valence-corrected chi connectivity index (χ4v) is 5.72. The van der Waals surface area contributed by atoms with Gasteiger partial charge in [-0.1, -0.05) is 42.8 Å². The average Bonchev–Trinajstić information content (AvgIpc) is 3.23. The van der Waals surface area contributed by atoms with Crippen molar-refractivity contribution in [3.63, 3.8) is 0 Å². The highest BCUT2D eigenvalue weighted by atomic mass is 35.5. The quantitative estimate of drug-likeness (QED) is 0.853. The minimum Gasteiger partial charge on any atom is -0.394 e. The molecule has 128 valence electrons. The van der Waals surface area contributed by atoms with Crippen molar-refractivity contribution in [1.29, 1.82) is 0 Å². The standard InChI is InChI=1S/C18H20ClNO3S/c1-2-12-3-5-13(6-4-12)16-17(18(16,20)11-21)24(22,23)15-9-7-14(19)8-10-15/h3-10,16-17,21H,2,11,20H2,1H3/t16-,17+,18+/m0/s1. The summed E-state index contributed by atoms with van der Waals surface area (Å²) in [6.07, 6.45) is 0.908. The molecule has 3 N–H and O–H groups in total. The molecular weight excluding hydrogens is 346 g/mol. The Morgan fingerprint density at radius 1 is 1.12 bits per heavy atom. The van der Waals surface area contributed by atoms with Gasteiger partial charge in [0.25, 0.3) is 0 Å². The molecule has 3 atom stereocenters. The maximum atomic E-state index is 13.0. The SMILES string of the molecule is CCc1ccc([C@H]2[C@@H](S(=O)(=O)c3ccc(Cl)cc3)[C@@]2(N)CO)cc1. The molecular formula is C18H20ClNO3S. The van der Waals surface area contributed by atoms with E-state index in [1.165, 1.54) is 17.7 Å². The zero-order valence-electron chi connectivity index (χ0n) is 13.3. The van der Waals surface area contributed by atoms with Crippen LogP contribution in [-0.2, 0) is 16.3 Å². The molecule has 6 heteroatoms. The van der Waals surface area contributed by atoms with Gasteiger partial charge >= 0.3 is 0 Å². The molecule has 2 aromatic carbocycles. The van der Waals surface area contributed by atoms with Gasteiger partial charge < -0.3 is 10.8 Å². The Morgan fingerprint density at radius 3 is 2.21 bits per heavy atom. The van der Waals surface area contributed by atoms with Crippen molar-refractivity contribution in [3.05, 3.63) is 64.7 Å². The number of aryl methyl sites for hydroxylation is 1. The summed E-state index contributed by atoms with van der Waals surface area (Å²) in [6, 6.07) is 13.8. The van der Waals surface area contributed by atoms with E-state index < -0.39 is 26.5 Å². The first kappa shape index (κ1) is 17.4. The van der Waals surface area contributed by atoms with Gasteiger partial charge in [-0.3, -0.25) is 0 Å². The van der Waals surface area contributed by atoms with E-state index >= 15 is 0 Å². The summed E-state index contributed by atoms with van der Waals surface area (Å²) < 4.78 is 25.9. The van der Waals surface area contributed by atoms with Crippen LogP contribution in [0, 0.1) is 0 Å². The maximum absolute atomic E-state index is 13.0. The first-order valence-corrected chi connectivity index (χ1v) is 9.75. The van der Waals surface area contributed by atoms with Gasteiger partial charge in [0.15, 0.2) is 9.84 Å². The van der Waals surface area contributed by atoms with E-state index in [1.54, 1.807) is 12.1 Å². The van der Waals surface area contributed by atoms with E-state index in [9.17, 15) is 13.5 Å². The fourth-order valence-electron chi connectivity index (χ4n) is 3.30. The number of aliphatic hydroxyl groups excluding tert-OH is 1. The number of aliphatic hydroxyl groups is 1. The zero-order chi connectivity index (χ0) is 17.5. The fraction of sp³-hybridized carbons (Fsp3) is 0.333. The third-order valence-corrected chi connectivity index (χ3v) is 7.36. The van der Waals surface area contributed by atoms with E-state index in [0.29, 0.717) is 5.02 Å². The van der Waals surface area contributed by atoms with Gasteiger partial charge in [0, 0.05) is 10.9 Å². The van der Waals surface area contributed by atoms with E-state index in [-0.39, 0.29) is 11.5 Å². The van der Waals surface area contributed by atoms with Crippen LogP contribution in [-0.4, -0.2) is 30.9 Å². The van der Waals surface area contributed by atoms with Crippen molar-refractivity contribution in [2.45, 2.75) is 34.9 Å². The number of nitrogens with two attached hydrogens (primary N) is 1. The number of hydrogen-bond acceptors (Lipinski definition) is 4. The Hall–Kier alpha value is -1.40. The van der Waals surface area contributed by atoms with Gasteiger partial charge in [-0.15, -0.1) is 0 Å². The number of rotatable bonds is 5. The van der Waals surface area contributed by atoms with E-state index in [1.807, 2.05) is 24.3 Å². The Kier molecular flexibility index (Phi) is 4.47. The predicted octanol–water partition coefficient (Wildman–Crippen LogP) is 2.53. The van der Waals surface area contributed by atoms with Gasteiger partial charge in [0.2, 0.25) is 0 Å². The number of sulfone groups is 1. The summed E-state index contributed by atoms with van der Waals surface area (Å²) in [5.74, 6) is -0.422. The minimum atomic E-state index is -3.66. The smallest absolute Gasteiger partial charge is 0.183 e. The third-order valence-electron chi connectivity index (χ3n) is 4.80. The van der Waals surface area contributed by atoms with Crippen molar-refractivity contribution in [1.82, 2.24) is 0 Å². The summed E-state index contributed by atoms with van der Waals surface area (Å²) in [5.41, 5.74) is 7.08. The summed E-state index contributed by atoms with van der Waals surface area (Å²) in [5, 5.41) is 9.34. The summed E-state index contributed by atoms with van der Waals surface area (Å²) in [7, 11) is -3.66. The number of halogens is 1. The Bertz CT molecular complexity index is 834. The monoisotopic (exact) mass is 365 g/mol. The first-order valence-electron chi connectivity index (χ1n) is 7.82. The van der Waals surface area contributed by atoms with Gasteiger partial charge in [-0.2, -0.15) is 0 Å². The van der Waals surface area contributed by atoms with E-state index in [0.717, 1.165) is 12.0 Å². The second kappa shape index (κ2) is 6.15. The molecule has 1 aliphatic carbocycles. The Labute approximate surface area is 147 Å². The molecule has 1 saturated carbocycles. The molecule has 0 radical (unpaired) electrons. The van der Waals surface area contributed by atoms with Crippen LogP contribution in [0.5, 0.6) is 0 Å². The third kappa shape index (κ3) is 2.75. The summed E-state index contributed by atoms with van der Waals surface area (Å²) >= 11 is 5.83. The molecule has 0 saturated heterocycles. The normalized spacial score (nSPS) is 26.3. The molecule has 0 aromatic heterocycles. The lowest BCUT2D eigenvalue weighted by molar-refractivity contribution is 0.253. The van der Waals surface area contributed by atoms with Crippen LogP contribution in [0.4, 0.5) is 0 Å². The van der Waals surface area contributed by atoms with Crippen LogP contribution in [0.15, 0.2) is 53.4 Å². The van der Waals surface area contributed by atoms with E-state index in [4.69, 9.17) is 17.3 Å². The largest absolute Gasteiger partial charge is 0.394 e. The molecule has 0 amide bonds. The molecule has 3 rings (SSSR count). The summed E-state index contributed by atoms with van der Waals surface area (Å²) in [4.78, 5) is 0.174. The topological polar surface area (TPSA) is 80.4 Å². The first-order chi connectivity index (χ1) is 11.3. The van der Waals surface area contributed by atoms with Crippen molar-refractivity contribution < 1.29 is 13.5 Å². The Balaban J connectivity index is 1.98. The van der Waals surface area contributed by atoms with E-state index in [2.05, 4.69) is 6.92 Å². The molecule has 0 heterocycles. The van der Waals surface area contributed by atoms with Crippen LogP contribution in [0.3, 0.4) is 0 Å². The predicted molar refractivity (Wildman–Crippen MR) is 95.0 cm³/mol.